The van der Waals surface area contributed by atoms with Gasteiger partial charge in [0.05, 0.1) is 22.9 Å². The first kappa shape index (κ1) is 18.2. The van der Waals surface area contributed by atoms with E-state index >= 15 is 0 Å². The first-order valence-electron chi connectivity index (χ1n) is 9.59. The van der Waals surface area contributed by atoms with Crippen LogP contribution in [0.1, 0.15) is 32.6 Å². The number of para-hydroxylation sites is 2. The Morgan fingerprint density at radius 1 is 1.18 bits per heavy atom. The first-order valence-corrected chi connectivity index (χ1v) is 9.59. The van der Waals surface area contributed by atoms with Crippen molar-refractivity contribution in [1.29, 1.82) is 0 Å². The number of carbonyl (C=O) groups excluding carboxylic acids is 2. The Morgan fingerprint density at radius 2 is 2.04 bits per heavy atom. The number of aromatic nitrogens is 3. The molecule has 1 saturated heterocycles. The number of likely N-dealkylation sites (tertiary alicyclic amines) is 1. The summed E-state index contributed by atoms with van der Waals surface area (Å²) in [7, 11) is 0. The van der Waals surface area contributed by atoms with Crippen molar-refractivity contribution in [2.75, 3.05) is 11.9 Å². The molecule has 7 heteroatoms. The fourth-order valence-corrected chi connectivity index (χ4v) is 3.63. The Balaban J connectivity index is 1.40. The topological polar surface area (TPSA) is 80.1 Å². The molecule has 0 saturated carbocycles. The van der Waals surface area contributed by atoms with E-state index in [0.717, 1.165) is 36.2 Å². The average molecular weight is 377 g/mol. The zero-order valence-corrected chi connectivity index (χ0v) is 15.8. The average Bonchev–Trinajstić information content (AvgIpc) is 3.13. The highest BCUT2D eigenvalue weighted by Crippen LogP contribution is 2.19. The molecule has 0 spiro atoms. The van der Waals surface area contributed by atoms with Crippen molar-refractivity contribution in [2.45, 2.75) is 38.6 Å². The molecule has 0 aliphatic carbocycles. The van der Waals surface area contributed by atoms with Crippen LogP contribution in [0.3, 0.4) is 0 Å². The molecule has 0 radical (unpaired) electrons. The van der Waals surface area contributed by atoms with E-state index in [2.05, 4.69) is 15.3 Å². The van der Waals surface area contributed by atoms with Gasteiger partial charge in [-0.3, -0.25) is 14.2 Å². The van der Waals surface area contributed by atoms with E-state index in [1.54, 1.807) is 12.5 Å². The molecular weight excluding hydrogens is 354 g/mol. The predicted octanol–water partition coefficient (Wildman–Crippen LogP) is 3.15. The van der Waals surface area contributed by atoms with Gasteiger partial charge in [-0.15, -0.1) is 0 Å². The Kier molecular flexibility index (Phi) is 5.06. The third kappa shape index (κ3) is 3.74. The number of nitrogens with one attached hydrogen (secondary N) is 1. The maximum atomic E-state index is 12.4. The number of nitrogens with zero attached hydrogens (tertiary/aromatic N) is 4. The normalized spacial score (nSPS) is 15.6. The molecule has 1 atom stereocenters. The van der Waals surface area contributed by atoms with Crippen LogP contribution in [-0.4, -0.2) is 43.8 Å². The van der Waals surface area contributed by atoms with Crippen LogP contribution in [0.25, 0.3) is 16.9 Å². The molecule has 1 unspecified atom stereocenters. The van der Waals surface area contributed by atoms with E-state index in [4.69, 9.17) is 0 Å². The Morgan fingerprint density at radius 3 is 2.82 bits per heavy atom. The van der Waals surface area contributed by atoms with Crippen LogP contribution in [0, 0.1) is 0 Å². The molecule has 4 rings (SSSR count). The van der Waals surface area contributed by atoms with Gasteiger partial charge in [0.25, 0.3) is 0 Å². The molecule has 1 aliphatic heterocycles. The molecule has 1 aliphatic rings. The monoisotopic (exact) mass is 377 g/mol. The number of pyridine rings is 1. The summed E-state index contributed by atoms with van der Waals surface area (Å²) in [5.74, 6) is 0.762. The lowest BCUT2D eigenvalue weighted by Crippen LogP contribution is -2.43. The summed E-state index contributed by atoms with van der Waals surface area (Å²) in [6, 6.07) is 11.4. The second-order valence-electron chi connectivity index (χ2n) is 7.15. The Hall–Kier alpha value is -3.22. The SMILES string of the molecule is CC(CC(=O)Nc1ccc(-n2cnc3ccccc32)nc1)N1CCCCC1=O. The van der Waals surface area contributed by atoms with Gasteiger partial charge in [-0.2, -0.15) is 0 Å². The van der Waals surface area contributed by atoms with Gasteiger partial charge >= 0.3 is 0 Å². The van der Waals surface area contributed by atoms with Crippen LogP contribution in [0.5, 0.6) is 0 Å². The standard InChI is InChI=1S/C21H23N5O2/c1-15(25-11-5-4-8-21(25)28)12-20(27)24-16-9-10-19(22-13-16)26-14-23-17-6-2-3-7-18(17)26/h2-3,6-7,9-10,13-15H,4-5,8,11-12H2,1H3,(H,24,27). The number of piperidine rings is 1. The molecule has 1 fully saturated rings. The Bertz CT molecular complexity index is 995. The summed E-state index contributed by atoms with van der Waals surface area (Å²) < 4.78 is 1.91. The molecule has 1 N–H and O–H groups in total. The van der Waals surface area contributed by atoms with Crippen molar-refractivity contribution in [3.63, 3.8) is 0 Å². The fraction of sp³-hybridized carbons (Fsp3) is 0.333. The van der Waals surface area contributed by atoms with Gasteiger partial charge in [0.15, 0.2) is 0 Å². The summed E-state index contributed by atoms with van der Waals surface area (Å²) in [5.41, 5.74) is 2.52. The number of hydrogen-bond donors (Lipinski definition) is 1. The number of rotatable bonds is 5. The number of fused-ring (bicyclic) bond motifs is 1. The van der Waals surface area contributed by atoms with Crippen LogP contribution in [0.4, 0.5) is 5.69 Å². The lowest BCUT2D eigenvalue weighted by Gasteiger charge is -2.32. The molecule has 144 valence electrons. The number of imidazole rings is 1. The van der Waals surface area contributed by atoms with Crippen LogP contribution < -0.4 is 5.32 Å². The van der Waals surface area contributed by atoms with E-state index in [-0.39, 0.29) is 24.3 Å². The fourth-order valence-electron chi connectivity index (χ4n) is 3.63. The van der Waals surface area contributed by atoms with E-state index in [1.165, 1.54) is 0 Å². The molecule has 28 heavy (non-hydrogen) atoms. The van der Waals surface area contributed by atoms with Crippen LogP contribution in [0.15, 0.2) is 48.9 Å². The summed E-state index contributed by atoms with van der Waals surface area (Å²) in [6.07, 6.45) is 6.19. The summed E-state index contributed by atoms with van der Waals surface area (Å²) in [6.45, 7) is 2.66. The van der Waals surface area contributed by atoms with Gasteiger partial charge in [-0.1, -0.05) is 12.1 Å². The molecule has 2 amide bonds. The van der Waals surface area contributed by atoms with Gasteiger partial charge in [0, 0.05) is 25.4 Å². The highest BCUT2D eigenvalue weighted by Gasteiger charge is 2.24. The van der Waals surface area contributed by atoms with E-state index in [0.29, 0.717) is 12.1 Å². The largest absolute Gasteiger partial charge is 0.339 e. The third-order valence-corrected chi connectivity index (χ3v) is 5.10. The number of benzene rings is 1. The molecule has 3 aromatic rings. The summed E-state index contributed by atoms with van der Waals surface area (Å²) >= 11 is 0. The van der Waals surface area contributed by atoms with Crippen LogP contribution >= 0.6 is 0 Å². The van der Waals surface area contributed by atoms with Gasteiger partial charge < -0.3 is 10.2 Å². The van der Waals surface area contributed by atoms with Crippen molar-refractivity contribution in [1.82, 2.24) is 19.4 Å². The second-order valence-corrected chi connectivity index (χ2v) is 7.15. The second kappa shape index (κ2) is 7.80. The number of hydrogen-bond acceptors (Lipinski definition) is 4. The third-order valence-electron chi connectivity index (χ3n) is 5.10. The van der Waals surface area contributed by atoms with E-state index in [9.17, 15) is 9.59 Å². The number of amides is 2. The molecule has 7 nitrogen and oxygen atoms in total. The molecule has 2 aromatic heterocycles. The van der Waals surface area contributed by atoms with Crippen molar-refractivity contribution < 1.29 is 9.59 Å². The van der Waals surface area contributed by atoms with Gasteiger partial charge in [-0.25, -0.2) is 9.97 Å². The zero-order valence-electron chi connectivity index (χ0n) is 15.8. The van der Waals surface area contributed by atoms with Crippen LogP contribution in [0.2, 0.25) is 0 Å². The van der Waals surface area contributed by atoms with E-state index < -0.39 is 0 Å². The van der Waals surface area contributed by atoms with Crippen molar-refractivity contribution in [3.05, 3.63) is 48.9 Å². The van der Waals surface area contributed by atoms with Crippen molar-refractivity contribution in [2.24, 2.45) is 0 Å². The maximum Gasteiger partial charge on any atom is 0.226 e. The van der Waals surface area contributed by atoms with Crippen LogP contribution in [-0.2, 0) is 9.59 Å². The Labute approximate surface area is 163 Å². The lowest BCUT2D eigenvalue weighted by molar-refractivity contribution is -0.136. The van der Waals surface area contributed by atoms with Gasteiger partial charge in [0.1, 0.15) is 12.1 Å². The number of anilines is 1. The lowest BCUT2D eigenvalue weighted by atomic mass is 10.1. The summed E-state index contributed by atoms with van der Waals surface area (Å²) in [5, 5.41) is 2.87. The molecular formula is C21H23N5O2. The van der Waals surface area contributed by atoms with E-state index in [1.807, 2.05) is 52.8 Å². The van der Waals surface area contributed by atoms with Gasteiger partial charge in [0.2, 0.25) is 11.8 Å². The molecule has 3 heterocycles. The predicted molar refractivity (Wildman–Crippen MR) is 107 cm³/mol. The minimum absolute atomic E-state index is 0.0997. The molecule has 1 aromatic carbocycles. The highest BCUT2D eigenvalue weighted by atomic mass is 16.2. The minimum Gasteiger partial charge on any atom is -0.339 e. The van der Waals surface area contributed by atoms with Crippen molar-refractivity contribution >= 4 is 28.5 Å². The maximum absolute atomic E-state index is 12.4. The number of carbonyl (C=O) groups is 2. The zero-order chi connectivity index (χ0) is 19.5. The quantitative estimate of drug-likeness (QED) is 0.741. The smallest absolute Gasteiger partial charge is 0.226 e. The van der Waals surface area contributed by atoms with Crippen molar-refractivity contribution in [3.8, 4) is 5.82 Å². The summed E-state index contributed by atoms with van der Waals surface area (Å²) in [4.78, 5) is 35.0. The van der Waals surface area contributed by atoms with Gasteiger partial charge in [-0.05, 0) is 44.0 Å². The highest BCUT2D eigenvalue weighted by molar-refractivity contribution is 5.91. The molecule has 0 bridgehead atoms. The first-order chi connectivity index (χ1) is 13.6. The minimum atomic E-state index is -0.117.